The van der Waals surface area contributed by atoms with Gasteiger partial charge in [-0.15, -0.1) is 0 Å². The van der Waals surface area contributed by atoms with Gasteiger partial charge in [0, 0.05) is 30.3 Å². The Balaban J connectivity index is 1.50. The summed E-state index contributed by atoms with van der Waals surface area (Å²) in [6.07, 6.45) is 5.87. The van der Waals surface area contributed by atoms with E-state index in [9.17, 15) is 4.79 Å². The van der Waals surface area contributed by atoms with Crippen LogP contribution >= 0.6 is 0 Å². The Morgan fingerprint density at radius 2 is 2.30 bits per heavy atom. The zero-order chi connectivity index (χ0) is 13.8. The Morgan fingerprint density at radius 1 is 1.40 bits per heavy atom. The predicted octanol–water partition coefficient (Wildman–Crippen LogP) is 2.40. The first-order valence-corrected chi connectivity index (χ1v) is 7.26. The molecular formula is C16H20N2O2. The molecule has 4 heteroatoms. The number of H-pyrrole nitrogens is 1. The molecule has 2 aromatic rings. The van der Waals surface area contributed by atoms with Crippen LogP contribution in [0.15, 0.2) is 30.5 Å². The van der Waals surface area contributed by atoms with E-state index in [2.05, 4.69) is 10.3 Å². The minimum atomic E-state index is 0.0766. The van der Waals surface area contributed by atoms with Gasteiger partial charge in [0.15, 0.2) is 0 Å². The number of carbonyl (C=O) groups is 1. The number of rotatable bonds is 5. The van der Waals surface area contributed by atoms with E-state index in [1.165, 1.54) is 0 Å². The lowest BCUT2D eigenvalue weighted by Gasteiger charge is -2.09. The molecule has 4 nitrogen and oxygen atoms in total. The van der Waals surface area contributed by atoms with E-state index in [0.717, 1.165) is 42.3 Å². The molecule has 3 rings (SSSR count). The SMILES string of the molecule is O=C(Cc1c[nH]c2ccccc12)NCC[C@@H]1CCCO1. The molecule has 1 amide bonds. The third kappa shape index (κ3) is 3.02. The van der Waals surface area contributed by atoms with E-state index in [1.807, 2.05) is 30.5 Å². The van der Waals surface area contributed by atoms with Crippen LogP contribution in [0, 0.1) is 0 Å². The molecule has 2 N–H and O–H groups in total. The van der Waals surface area contributed by atoms with Crippen molar-refractivity contribution >= 4 is 16.8 Å². The molecule has 1 aliphatic heterocycles. The van der Waals surface area contributed by atoms with Crippen LogP contribution in [-0.2, 0) is 16.0 Å². The second-order valence-corrected chi connectivity index (χ2v) is 5.31. The van der Waals surface area contributed by atoms with Crippen LogP contribution < -0.4 is 5.32 Å². The highest BCUT2D eigenvalue weighted by molar-refractivity contribution is 5.88. The van der Waals surface area contributed by atoms with E-state index in [-0.39, 0.29) is 5.91 Å². The van der Waals surface area contributed by atoms with Crippen LogP contribution in [0.3, 0.4) is 0 Å². The lowest BCUT2D eigenvalue weighted by Crippen LogP contribution is -2.28. The first kappa shape index (κ1) is 13.2. The van der Waals surface area contributed by atoms with E-state index < -0.39 is 0 Å². The van der Waals surface area contributed by atoms with E-state index >= 15 is 0 Å². The molecule has 0 spiro atoms. The number of para-hydroxylation sites is 1. The van der Waals surface area contributed by atoms with Crippen molar-refractivity contribution < 1.29 is 9.53 Å². The fourth-order valence-electron chi connectivity index (χ4n) is 2.76. The molecule has 106 valence electrons. The summed E-state index contributed by atoms with van der Waals surface area (Å²) in [4.78, 5) is 15.2. The number of aromatic amines is 1. The molecule has 0 bridgehead atoms. The number of hydrogen-bond donors (Lipinski definition) is 2. The number of aromatic nitrogens is 1. The molecule has 1 aromatic heterocycles. The van der Waals surface area contributed by atoms with Gasteiger partial charge in [-0.05, 0) is 30.9 Å². The van der Waals surface area contributed by atoms with Crippen molar-refractivity contribution in [1.82, 2.24) is 10.3 Å². The van der Waals surface area contributed by atoms with Crippen molar-refractivity contribution in [3.63, 3.8) is 0 Å². The summed E-state index contributed by atoms with van der Waals surface area (Å²) in [5, 5.41) is 4.11. The van der Waals surface area contributed by atoms with Crippen LogP contribution in [0.2, 0.25) is 0 Å². The molecule has 0 aliphatic carbocycles. The first-order valence-electron chi connectivity index (χ1n) is 7.26. The fraction of sp³-hybridized carbons (Fsp3) is 0.438. The molecule has 1 aliphatic rings. The number of fused-ring (bicyclic) bond motifs is 1. The zero-order valence-corrected chi connectivity index (χ0v) is 11.5. The predicted molar refractivity (Wildman–Crippen MR) is 78.6 cm³/mol. The number of benzene rings is 1. The first-order chi connectivity index (χ1) is 9.83. The summed E-state index contributed by atoms with van der Waals surface area (Å²) in [5.41, 5.74) is 2.13. The van der Waals surface area contributed by atoms with E-state index in [1.54, 1.807) is 0 Å². The van der Waals surface area contributed by atoms with Crippen LogP contribution in [0.5, 0.6) is 0 Å². The second kappa shape index (κ2) is 6.09. The Kier molecular flexibility index (Phi) is 4.02. The molecule has 1 atom stereocenters. The Morgan fingerprint density at radius 3 is 3.15 bits per heavy atom. The largest absolute Gasteiger partial charge is 0.378 e. The van der Waals surface area contributed by atoms with Crippen molar-refractivity contribution in [2.45, 2.75) is 31.8 Å². The summed E-state index contributed by atoms with van der Waals surface area (Å²) < 4.78 is 5.54. The van der Waals surface area contributed by atoms with Crippen molar-refractivity contribution in [3.8, 4) is 0 Å². The van der Waals surface area contributed by atoms with Gasteiger partial charge < -0.3 is 15.0 Å². The molecule has 0 unspecified atom stereocenters. The molecule has 2 heterocycles. The number of hydrogen-bond acceptors (Lipinski definition) is 2. The van der Waals surface area contributed by atoms with Gasteiger partial charge in [0.1, 0.15) is 0 Å². The van der Waals surface area contributed by atoms with E-state index in [0.29, 0.717) is 19.1 Å². The summed E-state index contributed by atoms with van der Waals surface area (Å²) >= 11 is 0. The lowest BCUT2D eigenvalue weighted by molar-refractivity contribution is -0.120. The highest BCUT2D eigenvalue weighted by Gasteiger charge is 2.15. The van der Waals surface area contributed by atoms with Gasteiger partial charge in [-0.2, -0.15) is 0 Å². The van der Waals surface area contributed by atoms with Gasteiger partial charge >= 0.3 is 0 Å². The number of amides is 1. The van der Waals surface area contributed by atoms with Crippen LogP contribution in [0.1, 0.15) is 24.8 Å². The van der Waals surface area contributed by atoms with Crippen molar-refractivity contribution in [1.29, 1.82) is 0 Å². The highest BCUT2D eigenvalue weighted by Crippen LogP contribution is 2.18. The van der Waals surface area contributed by atoms with Crippen LogP contribution in [-0.4, -0.2) is 30.1 Å². The molecule has 1 saturated heterocycles. The maximum atomic E-state index is 12.0. The summed E-state index contributed by atoms with van der Waals surface area (Å²) in [5.74, 6) is 0.0766. The van der Waals surface area contributed by atoms with Gasteiger partial charge in [0.25, 0.3) is 0 Å². The van der Waals surface area contributed by atoms with Crippen molar-refractivity contribution in [3.05, 3.63) is 36.0 Å². The summed E-state index contributed by atoms with van der Waals surface area (Å²) in [6, 6.07) is 8.05. The molecule has 1 fully saturated rings. The molecule has 0 radical (unpaired) electrons. The maximum Gasteiger partial charge on any atom is 0.224 e. The molecular weight excluding hydrogens is 252 g/mol. The van der Waals surface area contributed by atoms with Gasteiger partial charge in [0.2, 0.25) is 5.91 Å². The highest BCUT2D eigenvalue weighted by atomic mass is 16.5. The van der Waals surface area contributed by atoms with E-state index in [4.69, 9.17) is 4.74 Å². The number of nitrogens with one attached hydrogen (secondary N) is 2. The average Bonchev–Trinajstić information content (AvgIpc) is 3.09. The van der Waals surface area contributed by atoms with Gasteiger partial charge in [-0.1, -0.05) is 18.2 Å². The van der Waals surface area contributed by atoms with Gasteiger partial charge in [-0.3, -0.25) is 4.79 Å². The Labute approximate surface area is 118 Å². The molecule has 1 aromatic carbocycles. The third-order valence-electron chi connectivity index (χ3n) is 3.84. The average molecular weight is 272 g/mol. The van der Waals surface area contributed by atoms with Crippen molar-refractivity contribution in [2.24, 2.45) is 0 Å². The topological polar surface area (TPSA) is 54.1 Å². The zero-order valence-electron chi connectivity index (χ0n) is 11.5. The smallest absolute Gasteiger partial charge is 0.224 e. The maximum absolute atomic E-state index is 12.0. The van der Waals surface area contributed by atoms with Crippen LogP contribution in [0.25, 0.3) is 10.9 Å². The van der Waals surface area contributed by atoms with Gasteiger partial charge in [0.05, 0.1) is 12.5 Å². The van der Waals surface area contributed by atoms with Crippen molar-refractivity contribution in [2.75, 3.05) is 13.2 Å². The summed E-state index contributed by atoms with van der Waals surface area (Å²) in [7, 11) is 0. The minimum absolute atomic E-state index is 0.0766. The third-order valence-corrected chi connectivity index (χ3v) is 3.84. The Hall–Kier alpha value is -1.81. The normalized spacial score (nSPS) is 18.5. The molecule has 0 saturated carbocycles. The number of carbonyl (C=O) groups excluding carboxylic acids is 1. The standard InChI is InChI=1S/C16H20N2O2/c19-16(17-8-7-13-4-3-9-20-13)10-12-11-18-15-6-2-1-5-14(12)15/h1-2,5-6,11,13,18H,3-4,7-10H2,(H,17,19)/t13-/m0/s1. The minimum Gasteiger partial charge on any atom is -0.378 e. The second-order valence-electron chi connectivity index (χ2n) is 5.31. The molecule has 20 heavy (non-hydrogen) atoms. The number of ether oxygens (including phenoxy) is 1. The monoisotopic (exact) mass is 272 g/mol. The summed E-state index contributed by atoms with van der Waals surface area (Å²) in [6.45, 7) is 1.57. The Bertz CT molecular complexity index is 585. The quantitative estimate of drug-likeness (QED) is 0.878. The van der Waals surface area contributed by atoms with Crippen LogP contribution in [0.4, 0.5) is 0 Å². The lowest BCUT2D eigenvalue weighted by atomic mass is 10.1. The fourth-order valence-corrected chi connectivity index (χ4v) is 2.76. The van der Waals surface area contributed by atoms with Gasteiger partial charge in [-0.25, -0.2) is 0 Å².